The Labute approximate surface area is 174 Å². The number of amides is 1. The molecule has 3 aromatic rings. The molecule has 8 heteroatoms. The zero-order valence-corrected chi connectivity index (χ0v) is 17.6. The summed E-state index contributed by atoms with van der Waals surface area (Å²) in [6.45, 7) is 2.36. The van der Waals surface area contributed by atoms with E-state index in [2.05, 4.69) is 0 Å². The number of hydrogen-bond acceptors (Lipinski definition) is 5. The summed E-state index contributed by atoms with van der Waals surface area (Å²) >= 11 is 0. The summed E-state index contributed by atoms with van der Waals surface area (Å²) in [7, 11) is -1.58. The summed E-state index contributed by atoms with van der Waals surface area (Å²) in [4.78, 5) is 26.5. The van der Waals surface area contributed by atoms with E-state index in [1.807, 2.05) is 19.1 Å². The third-order valence-electron chi connectivity index (χ3n) is 5.55. The maximum Gasteiger partial charge on any atom is 0.254 e. The van der Waals surface area contributed by atoms with Crippen LogP contribution in [-0.4, -0.2) is 38.6 Å². The van der Waals surface area contributed by atoms with Gasteiger partial charge in [-0.05, 0) is 49.2 Å². The summed E-state index contributed by atoms with van der Waals surface area (Å²) in [5.74, 6) is -0.0707. The number of fused-ring (bicyclic) bond motifs is 1. The van der Waals surface area contributed by atoms with Crippen molar-refractivity contribution in [2.75, 3.05) is 23.7 Å². The SMILES string of the molecule is CC(c1cccc(N2CCCS2(=O)=O)c1)N(C)C(=O)c1ccc2c(=O)ccoc2c1. The van der Waals surface area contributed by atoms with Gasteiger partial charge < -0.3 is 9.32 Å². The van der Waals surface area contributed by atoms with Crippen molar-refractivity contribution in [2.24, 2.45) is 0 Å². The Bertz CT molecular complexity index is 1280. The van der Waals surface area contributed by atoms with E-state index in [1.54, 1.807) is 42.3 Å². The molecule has 1 fully saturated rings. The molecule has 156 valence electrons. The predicted octanol–water partition coefficient (Wildman–Crippen LogP) is 3.17. The normalized spacial score (nSPS) is 16.5. The van der Waals surface area contributed by atoms with Crippen LogP contribution >= 0.6 is 0 Å². The van der Waals surface area contributed by atoms with Gasteiger partial charge in [0.05, 0.1) is 29.1 Å². The fourth-order valence-electron chi connectivity index (χ4n) is 3.69. The highest BCUT2D eigenvalue weighted by Crippen LogP contribution is 2.29. The van der Waals surface area contributed by atoms with Gasteiger partial charge in [-0.3, -0.25) is 13.9 Å². The molecule has 1 atom stereocenters. The lowest BCUT2D eigenvalue weighted by Gasteiger charge is -2.27. The van der Waals surface area contributed by atoms with Gasteiger partial charge in [0, 0.05) is 25.2 Å². The highest BCUT2D eigenvalue weighted by molar-refractivity contribution is 7.93. The Balaban J connectivity index is 1.60. The number of nitrogens with zero attached hydrogens (tertiary/aromatic N) is 2. The smallest absolute Gasteiger partial charge is 0.254 e. The molecule has 2 aromatic carbocycles. The number of rotatable bonds is 4. The first-order valence-corrected chi connectivity index (χ1v) is 11.3. The minimum absolute atomic E-state index is 0.156. The first-order valence-electron chi connectivity index (χ1n) is 9.67. The van der Waals surface area contributed by atoms with Crippen LogP contribution in [0, 0.1) is 0 Å². The number of hydrogen-bond donors (Lipinski definition) is 0. The first kappa shape index (κ1) is 20.2. The van der Waals surface area contributed by atoms with Gasteiger partial charge >= 0.3 is 0 Å². The quantitative estimate of drug-likeness (QED) is 0.639. The highest BCUT2D eigenvalue weighted by atomic mass is 32.2. The van der Waals surface area contributed by atoms with Gasteiger partial charge in [-0.2, -0.15) is 0 Å². The van der Waals surface area contributed by atoms with E-state index in [-0.39, 0.29) is 23.1 Å². The van der Waals surface area contributed by atoms with Crippen molar-refractivity contribution < 1.29 is 17.6 Å². The molecule has 1 unspecified atom stereocenters. The van der Waals surface area contributed by atoms with E-state index in [0.717, 1.165) is 5.56 Å². The van der Waals surface area contributed by atoms with Crippen molar-refractivity contribution >= 4 is 32.6 Å². The van der Waals surface area contributed by atoms with Crippen LogP contribution in [-0.2, 0) is 10.0 Å². The second kappa shape index (κ2) is 7.60. The monoisotopic (exact) mass is 426 g/mol. The van der Waals surface area contributed by atoms with E-state index in [4.69, 9.17) is 4.42 Å². The molecular formula is C22H22N2O5S. The molecular weight excluding hydrogens is 404 g/mol. The van der Waals surface area contributed by atoms with Gasteiger partial charge in [-0.15, -0.1) is 0 Å². The molecule has 0 saturated carbocycles. The number of sulfonamides is 1. The Hall–Kier alpha value is -3.13. The minimum atomic E-state index is -3.27. The Kier molecular flexibility index (Phi) is 5.11. The van der Waals surface area contributed by atoms with Crippen molar-refractivity contribution in [3.63, 3.8) is 0 Å². The molecule has 2 heterocycles. The Morgan fingerprint density at radius 2 is 1.97 bits per heavy atom. The van der Waals surface area contributed by atoms with E-state index in [9.17, 15) is 18.0 Å². The van der Waals surface area contributed by atoms with Crippen LogP contribution in [0.4, 0.5) is 5.69 Å². The molecule has 7 nitrogen and oxygen atoms in total. The first-order chi connectivity index (χ1) is 14.3. The van der Waals surface area contributed by atoms with Crippen LogP contribution in [0.2, 0.25) is 0 Å². The van der Waals surface area contributed by atoms with E-state index in [0.29, 0.717) is 35.2 Å². The van der Waals surface area contributed by atoms with Crippen molar-refractivity contribution in [3.8, 4) is 0 Å². The molecule has 1 aliphatic heterocycles. The van der Waals surface area contributed by atoms with Gasteiger partial charge in [0.2, 0.25) is 10.0 Å². The molecule has 1 aromatic heterocycles. The van der Waals surface area contributed by atoms with Gasteiger partial charge in [0.1, 0.15) is 5.58 Å². The van der Waals surface area contributed by atoms with Crippen LogP contribution in [0.15, 0.2) is 64.0 Å². The zero-order valence-electron chi connectivity index (χ0n) is 16.7. The molecule has 0 aliphatic carbocycles. The number of anilines is 1. The second-order valence-electron chi connectivity index (χ2n) is 7.42. The third kappa shape index (κ3) is 3.59. The molecule has 0 bridgehead atoms. The third-order valence-corrected chi connectivity index (χ3v) is 7.42. The maximum atomic E-state index is 13.0. The molecule has 1 amide bonds. The molecule has 0 N–H and O–H groups in total. The van der Waals surface area contributed by atoms with E-state index >= 15 is 0 Å². The lowest BCUT2D eigenvalue weighted by molar-refractivity contribution is 0.0742. The fraction of sp³-hybridized carbons (Fsp3) is 0.273. The Morgan fingerprint density at radius 3 is 2.70 bits per heavy atom. The largest absolute Gasteiger partial charge is 0.464 e. The van der Waals surface area contributed by atoms with Gasteiger partial charge in [0.15, 0.2) is 5.43 Å². The summed E-state index contributed by atoms with van der Waals surface area (Å²) in [6, 6.07) is 13.1. The van der Waals surface area contributed by atoms with Gasteiger partial charge in [0.25, 0.3) is 5.91 Å². The molecule has 0 radical (unpaired) electrons. The van der Waals surface area contributed by atoms with Crippen LogP contribution in [0.5, 0.6) is 0 Å². The summed E-state index contributed by atoms with van der Waals surface area (Å²) in [5.41, 5.74) is 2.05. The number of benzene rings is 2. The Morgan fingerprint density at radius 1 is 1.17 bits per heavy atom. The van der Waals surface area contributed by atoms with Crippen molar-refractivity contribution in [1.29, 1.82) is 0 Å². The lowest BCUT2D eigenvalue weighted by atomic mass is 10.0. The molecule has 4 rings (SSSR count). The zero-order chi connectivity index (χ0) is 21.5. The second-order valence-corrected chi connectivity index (χ2v) is 9.44. The molecule has 30 heavy (non-hydrogen) atoms. The van der Waals surface area contributed by atoms with Crippen LogP contribution in [0.25, 0.3) is 11.0 Å². The lowest BCUT2D eigenvalue weighted by Crippen LogP contribution is -2.30. The van der Waals surface area contributed by atoms with E-state index in [1.165, 1.54) is 16.6 Å². The minimum Gasteiger partial charge on any atom is -0.464 e. The summed E-state index contributed by atoms with van der Waals surface area (Å²) < 4.78 is 31.3. The van der Waals surface area contributed by atoms with Gasteiger partial charge in [-0.1, -0.05) is 12.1 Å². The standard InChI is InChI=1S/C22H22N2O5S/c1-15(16-5-3-6-18(13-16)24-10-4-12-30(24,27)28)23(2)22(26)17-7-8-19-20(25)9-11-29-21(19)14-17/h3,5-9,11,13-15H,4,10,12H2,1-2H3. The summed E-state index contributed by atoms with van der Waals surface area (Å²) in [6.07, 6.45) is 1.92. The fourth-order valence-corrected chi connectivity index (χ4v) is 5.24. The number of carbonyl (C=O) groups excluding carboxylic acids is 1. The van der Waals surface area contributed by atoms with Gasteiger partial charge in [-0.25, -0.2) is 8.42 Å². The van der Waals surface area contributed by atoms with Crippen molar-refractivity contribution in [3.05, 3.63) is 76.1 Å². The molecule has 0 spiro atoms. The van der Waals surface area contributed by atoms with Crippen LogP contribution in [0.3, 0.4) is 0 Å². The molecule has 1 aliphatic rings. The van der Waals surface area contributed by atoms with Crippen molar-refractivity contribution in [2.45, 2.75) is 19.4 Å². The topological polar surface area (TPSA) is 87.9 Å². The predicted molar refractivity (Wildman–Crippen MR) is 115 cm³/mol. The van der Waals surface area contributed by atoms with Crippen molar-refractivity contribution in [1.82, 2.24) is 4.90 Å². The van der Waals surface area contributed by atoms with Crippen LogP contribution in [0.1, 0.15) is 35.3 Å². The van der Waals surface area contributed by atoms with E-state index < -0.39 is 10.0 Å². The summed E-state index contributed by atoms with van der Waals surface area (Å²) in [5, 5.41) is 0.421. The average Bonchev–Trinajstić information content (AvgIpc) is 3.11. The maximum absolute atomic E-state index is 13.0. The average molecular weight is 426 g/mol. The molecule has 1 saturated heterocycles. The van der Waals surface area contributed by atoms with Crippen LogP contribution < -0.4 is 9.73 Å². The highest BCUT2D eigenvalue weighted by Gasteiger charge is 2.29. The number of carbonyl (C=O) groups is 1.